The van der Waals surface area contributed by atoms with Crippen LogP contribution in [0.15, 0.2) is 12.3 Å². The van der Waals surface area contributed by atoms with E-state index >= 15 is 0 Å². The van der Waals surface area contributed by atoms with Crippen LogP contribution in [0.25, 0.3) is 0 Å². The average molecular weight is 282 g/mol. The molecule has 0 spiro atoms. The fourth-order valence-electron chi connectivity index (χ4n) is 2.35. The number of rotatable bonds is 5. The van der Waals surface area contributed by atoms with Crippen molar-refractivity contribution in [1.82, 2.24) is 24.9 Å². The molecule has 0 aromatic carbocycles. The van der Waals surface area contributed by atoms with Gasteiger partial charge in [0.05, 0.1) is 28.1 Å². The highest BCUT2D eigenvalue weighted by Crippen LogP contribution is 2.25. The molecule has 0 fully saturated rings. The number of aromatic nitrogens is 4. The maximum Gasteiger partial charge on any atom is 0.0847 e. The van der Waals surface area contributed by atoms with E-state index in [0.717, 1.165) is 35.1 Å². The molecule has 2 rings (SSSR count). The molecule has 0 aliphatic carbocycles. The van der Waals surface area contributed by atoms with Gasteiger partial charge < -0.3 is 5.32 Å². The highest BCUT2D eigenvalue weighted by atomic mass is 35.5. The molecule has 0 aliphatic rings. The molecule has 0 aliphatic heterocycles. The summed E-state index contributed by atoms with van der Waals surface area (Å²) in [7, 11) is 3.89. The van der Waals surface area contributed by atoms with Gasteiger partial charge in [0.1, 0.15) is 0 Å². The summed E-state index contributed by atoms with van der Waals surface area (Å²) in [6, 6.07) is 2.22. The maximum atomic E-state index is 6.33. The molecule has 2 heterocycles. The van der Waals surface area contributed by atoms with E-state index in [-0.39, 0.29) is 6.04 Å². The van der Waals surface area contributed by atoms with Gasteiger partial charge in [-0.1, -0.05) is 18.5 Å². The van der Waals surface area contributed by atoms with Crippen LogP contribution in [0.3, 0.4) is 0 Å². The molecular formula is C13H20ClN5. The van der Waals surface area contributed by atoms with Crippen molar-refractivity contribution in [3.05, 3.63) is 34.4 Å². The van der Waals surface area contributed by atoms with E-state index in [1.807, 2.05) is 42.6 Å². The largest absolute Gasteiger partial charge is 0.309 e. The van der Waals surface area contributed by atoms with E-state index in [0.29, 0.717) is 0 Å². The molecule has 0 saturated carbocycles. The van der Waals surface area contributed by atoms with Gasteiger partial charge in [0.25, 0.3) is 0 Å². The van der Waals surface area contributed by atoms with Crippen LogP contribution < -0.4 is 5.32 Å². The Morgan fingerprint density at radius 1 is 1.37 bits per heavy atom. The van der Waals surface area contributed by atoms with Gasteiger partial charge in [-0.05, 0) is 19.5 Å². The normalized spacial score (nSPS) is 12.9. The minimum absolute atomic E-state index is 0.185. The van der Waals surface area contributed by atoms with Crippen molar-refractivity contribution in [2.75, 3.05) is 6.54 Å². The first-order chi connectivity index (χ1) is 9.04. The van der Waals surface area contributed by atoms with Crippen LogP contribution in [0.2, 0.25) is 5.02 Å². The standard InChI is InChI=1S/C13H20ClN5/c1-5-15-10(11-6-7-16-18(11)3)8-12-13(14)9(2)17-19(12)4/h6-7,10,15H,5,8H2,1-4H3. The highest BCUT2D eigenvalue weighted by molar-refractivity contribution is 6.31. The Morgan fingerprint density at radius 3 is 2.58 bits per heavy atom. The van der Waals surface area contributed by atoms with E-state index in [1.165, 1.54) is 0 Å². The number of nitrogens with zero attached hydrogens (tertiary/aromatic N) is 4. The van der Waals surface area contributed by atoms with Crippen LogP contribution in [0, 0.1) is 6.92 Å². The van der Waals surface area contributed by atoms with Crippen LogP contribution >= 0.6 is 11.6 Å². The topological polar surface area (TPSA) is 47.7 Å². The van der Waals surface area contributed by atoms with Gasteiger partial charge in [0.15, 0.2) is 0 Å². The molecule has 0 amide bonds. The lowest BCUT2D eigenvalue weighted by atomic mass is 10.1. The maximum absolute atomic E-state index is 6.33. The number of nitrogens with one attached hydrogen (secondary N) is 1. The third kappa shape index (κ3) is 2.82. The lowest BCUT2D eigenvalue weighted by Gasteiger charge is -2.18. The SMILES string of the molecule is CCNC(Cc1c(Cl)c(C)nn1C)c1ccnn1C. The van der Waals surface area contributed by atoms with Crippen molar-refractivity contribution >= 4 is 11.6 Å². The van der Waals surface area contributed by atoms with Gasteiger partial charge in [-0.3, -0.25) is 9.36 Å². The Labute approximate surface area is 118 Å². The summed E-state index contributed by atoms with van der Waals surface area (Å²) in [5, 5.41) is 12.8. The van der Waals surface area contributed by atoms with Crippen LogP contribution in [-0.2, 0) is 20.5 Å². The zero-order chi connectivity index (χ0) is 14.0. The van der Waals surface area contributed by atoms with Crippen molar-refractivity contribution in [3.63, 3.8) is 0 Å². The zero-order valence-corrected chi connectivity index (χ0v) is 12.6. The Balaban J connectivity index is 2.29. The molecule has 1 N–H and O–H groups in total. The Hall–Kier alpha value is -1.33. The van der Waals surface area contributed by atoms with Crippen LogP contribution in [0.5, 0.6) is 0 Å². The average Bonchev–Trinajstić information content (AvgIpc) is 2.88. The van der Waals surface area contributed by atoms with Gasteiger partial charge >= 0.3 is 0 Å². The number of likely N-dealkylation sites (N-methyl/N-ethyl adjacent to an activating group) is 1. The second kappa shape index (κ2) is 5.75. The Bertz CT molecular complexity index is 557. The summed E-state index contributed by atoms with van der Waals surface area (Å²) in [5.74, 6) is 0. The van der Waals surface area contributed by atoms with Crippen molar-refractivity contribution in [3.8, 4) is 0 Å². The molecule has 0 radical (unpaired) electrons. The van der Waals surface area contributed by atoms with Crippen LogP contribution in [0.1, 0.15) is 30.0 Å². The summed E-state index contributed by atoms with van der Waals surface area (Å²) < 4.78 is 3.75. The molecule has 2 aromatic heterocycles. The van der Waals surface area contributed by atoms with Crippen molar-refractivity contribution < 1.29 is 0 Å². The van der Waals surface area contributed by atoms with Crippen LogP contribution in [-0.4, -0.2) is 26.1 Å². The second-order valence-corrected chi connectivity index (χ2v) is 5.04. The van der Waals surface area contributed by atoms with Crippen LogP contribution in [0.4, 0.5) is 0 Å². The van der Waals surface area contributed by atoms with Crippen molar-refractivity contribution in [1.29, 1.82) is 0 Å². The lowest BCUT2D eigenvalue weighted by Crippen LogP contribution is -2.26. The third-order valence-electron chi connectivity index (χ3n) is 3.33. The van der Waals surface area contributed by atoms with Gasteiger partial charge in [-0.15, -0.1) is 0 Å². The monoisotopic (exact) mass is 281 g/mol. The highest BCUT2D eigenvalue weighted by Gasteiger charge is 2.19. The molecule has 0 bridgehead atoms. The zero-order valence-electron chi connectivity index (χ0n) is 11.8. The van der Waals surface area contributed by atoms with Gasteiger partial charge in [0.2, 0.25) is 0 Å². The van der Waals surface area contributed by atoms with Gasteiger partial charge in [0, 0.05) is 26.7 Å². The number of aryl methyl sites for hydroxylation is 3. The minimum atomic E-state index is 0.185. The first kappa shape index (κ1) is 14.1. The predicted molar refractivity (Wildman–Crippen MR) is 76.3 cm³/mol. The fraction of sp³-hybridized carbons (Fsp3) is 0.538. The van der Waals surface area contributed by atoms with E-state index in [1.54, 1.807) is 0 Å². The molecular weight excluding hydrogens is 262 g/mol. The number of hydrogen-bond acceptors (Lipinski definition) is 3. The molecule has 0 saturated heterocycles. The van der Waals surface area contributed by atoms with E-state index in [2.05, 4.69) is 22.4 Å². The molecule has 19 heavy (non-hydrogen) atoms. The molecule has 5 nitrogen and oxygen atoms in total. The number of hydrogen-bond donors (Lipinski definition) is 1. The first-order valence-corrected chi connectivity index (χ1v) is 6.81. The molecule has 6 heteroatoms. The summed E-state index contributed by atoms with van der Waals surface area (Å²) in [5.41, 5.74) is 3.07. The molecule has 2 aromatic rings. The molecule has 1 atom stereocenters. The Morgan fingerprint density at radius 2 is 2.11 bits per heavy atom. The summed E-state index contributed by atoms with van der Waals surface area (Å²) in [4.78, 5) is 0. The smallest absolute Gasteiger partial charge is 0.0847 e. The Kier molecular flexibility index (Phi) is 4.27. The number of halogens is 1. The van der Waals surface area contributed by atoms with E-state index < -0.39 is 0 Å². The quantitative estimate of drug-likeness (QED) is 0.912. The third-order valence-corrected chi connectivity index (χ3v) is 3.82. The van der Waals surface area contributed by atoms with E-state index in [4.69, 9.17) is 11.6 Å². The first-order valence-electron chi connectivity index (χ1n) is 6.43. The minimum Gasteiger partial charge on any atom is -0.309 e. The lowest BCUT2D eigenvalue weighted by molar-refractivity contribution is 0.493. The second-order valence-electron chi connectivity index (χ2n) is 4.66. The summed E-state index contributed by atoms with van der Waals surface area (Å²) in [6.45, 7) is 4.92. The summed E-state index contributed by atoms with van der Waals surface area (Å²) in [6.07, 6.45) is 2.61. The molecule has 1 unspecified atom stereocenters. The molecule has 104 valence electrons. The van der Waals surface area contributed by atoms with Gasteiger partial charge in [-0.2, -0.15) is 10.2 Å². The van der Waals surface area contributed by atoms with Crippen molar-refractivity contribution in [2.24, 2.45) is 14.1 Å². The summed E-state index contributed by atoms with van der Waals surface area (Å²) >= 11 is 6.33. The predicted octanol–water partition coefficient (Wildman–Crippen LogP) is 2.01. The van der Waals surface area contributed by atoms with Gasteiger partial charge in [-0.25, -0.2) is 0 Å². The van der Waals surface area contributed by atoms with E-state index in [9.17, 15) is 0 Å². The van der Waals surface area contributed by atoms with Crippen molar-refractivity contribution in [2.45, 2.75) is 26.3 Å². The fourth-order valence-corrected chi connectivity index (χ4v) is 2.59.